The van der Waals surface area contributed by atoms with E-state index in [1.165, 1.54) is 6.20 Å². The Hall–Kier alpha value is -1.90. The second-order valence-corrected chi connectivity index (χ2v) is 5.34. The van der Waals surface area contributed by atoms with Gasteiger partial charge in [0.25, 0.3) is 0 Å². The lowest BCUT2D eigenvalue weighted by atomic mass is 10.2. The second-order valence-electron chi connectivity index (χ2n) is 4.59. The van der Waals surface area contributed by atoms with Gasteiger partial charge in [-0.3, -0.25) is 4.79 Å². The molecule has 7 heteroatoms. The zero-order valence-corrected chi connectivity index (χ0v) is 11.6. The molecular formula is C13H8Cl2N4O. The van der Waals surface area contributed by atoms with Crippen molar-refractivity contribution < 1.29 is 4.79 Å². The molecule has 5 nitrogen and oxygen atoms in total. The van der Waals surface area contributed by atoms with Gasteiger partial charge in [-0.15, -0.1) is 0 Å². The van der Waals surface area contributed by atoms with Gasteiger partial charge in [0.15, 0.2) is 0 Å². The maximum atomic E-state index is 11.8. The van der Waals surface area contributed by atoms with E-state index in [1.54, 1.807) is 12.1 Å². The molecule has 1 fully saturated rings. The number of pyridine rings is 2. The van der Waals surface area contributed by atoms with Gasteiger partial charge in [-0.05, 0) is 23.9 Å². The van der Waals surface area contributed by atoms with Crippen LogP contribution in [0.25, 0.3) is 10.8 Å². The number of halogens is 2. The van der Waals surface area contributed by atoms with Crippen LogP contribution in [-0.2, 0) is 4.79 Å². The number of nitrogens with zero attached hydrogens (tertiary/aromatic N) is 3. The third-order valence-corrected chi connectivity index (χ3v) is 3.66. The van der Waals surface area contributed by atoms with Crippen LogP contribution in [0.2, 0.25) is 10.3 Å². The third kappa shape index (κ3) is 2.40. The summed E-state index contributed by atoms with van der Waals surface area (Å²) in [7, 11) is 0. The maximum Gasteiger partial charge on any atom is 0.230 e. The van der Waals surface area contributed by atoms with Crippen molar-refractivity contribution in [3.63, 3.8) is 0 Å². The lowest BCUT2D eigenvalue weighted by Gasteiger charge is -2.06. The van der Waals surface area contributed by atoms with Crippen molar-refractivity contribution in [3.8, 4) is 6.07 Å². The van der Waals surface area contributed by atoms with Crippen molar-refractivity contribution in [1.29, 1.82) is 5.26 Å². The van der Waals surface area contributed by atoms with E-state index in [4.69, 9.17) is 28.5 Å². The molecule has 1 amide bonds. The second kappa shape index (κ2) is 4.89. The molecule has 0 radical (unpaired) electrons. The Balaban J connectivity index is 1.86. The van der Waals surface area contributed by atoms with Crippen molar-refractivity contribution in [2.24, 2.45) is 11.8 Å². The number of carbonyl (C=O) groups is 1. The van der Waals surface area contributed by atoms with Crippen LogP contribution in [-0.4, -0.2) is 15.9 Å². The van der Waals surface area contributed by atoms with Crippen molar-refractivity contribution in [1.82, 2.24) is 9.97 Å². The fourth-order valence-corrected chi connectivity index (χ4v) is 2.49. The average Bonchev–Trinajstić information content (AvgIpc) is 3.17. The Morgan fingerprint density at radius 2 is 2.25 bits per heavy atom. The van der Waals surface area contributed by atoms with Crippen molar-refractivity contribution in [2.45, 2.75) is 6.42 Å². The number of nitriles is 1. The highest BCUT2D eigenvalue weighted by molar-refractivity contribution is 6.36. The topological polar surface area (TPSA) is 78.7 Å². The molecule has 2 aromatic rings. The smallest absolute Gasteiger partial charge is 0.230 e. The Morgan fingerprint density at radius 1 is 1.45 bits per heavy atom. The quantitative estimate of drug-likeness (QED) is 0.865. The van der Waals surface area contributed by atoms with E-state index >= 15 is 0 Å². The maximum absolute atomic E-state index is 11.8. The Labute approximate surface area is 124 Å². The van der Waals surface area contributed by atoms with Gasteiger partial charge in [0.05, 0.1) is 17.9 Å². The van der Waals surface area contributed by atoms with Crippen LogP contribution in [0, 0.1) is 23.2 Å². The van der Waals surface area contributed by atoms with Gasteiger partial charge < -0.3 is 5.32 Å². The molecule has 0 spiro atoms. The molecule has 0 saturated heterocycles. The molecule has 1 aliphatic carbocycles. The molecule has 0 unspecified atom stereocenters. The number of nitrogens with one attached hydrogen (secondary N) is 1. The van der Waals surface area contributed by atoms with Crippen molar-refractivity contribution in [3.05, 3.63) is 28.6 Å². The van der Waals surface area contributed by atoms with Gasteiger partial charge in [0, 0.05) is 11.6 Å². The molecule has 1 N–H and O–H groups in total. The Kier molecular flexibility index (Phi) is 3.20. The van der Waals surface area contributed by atoms with Gasteiger partial charge in [0.2, 0.25) is 5.91 Å². The zero-order chi connectivity index (χ0) is 14.3. The van der Waals surface area contributed by atoms with Gasteiger partial charge in [-0.2, -0.15) is 5.26 Å². The summed E-state index contributed by atoms with van der Waals surface area (Å²) in [6.07, 6.45) is 2.14. The van der Waals surface area contributed by atoms with Gasteiger partial charge >= 0.3 is 0 Å². The predicted molar refractivity (Wildman–Crippen MR) is 75.4 cm³/mol. The highest BCUT2D eigenvalue weighted by Crippen LogP contribution is 2.38. The SMILES string of the molecule is N#C[C@H]1C[C@@H]1C(=O)Nc1cc2cc(Cl)nc(Cl)c2cn1. The number of fused-ring (bicyclic) bond motifs is 1. The molecule has 0 aromatic carbocycles. The van der Waals surface area contributed by atoms with Crippen LogP contribution in [0.5, 0.6) is 0 Å². The van der Waals surface area contributed by atoms with E-state index in [9.17, 15) is 4.79 Å². The highest BCUT2D eigenvalue weighted by atomic mass is 35.5. The minimum Gasteiger partial charge on any atom is -0.310 e. The van der Waals surface area contributed by atoms with E-state index in [0.29, 0.717) is 17.6 Å². The third-order valence-electron chi connectivity index (χ3n) is 3.18. The van der Waals surface area contributed by atoms with Crippen LogP contribution < -0.4 is 5.32 Å². The minimum absolute atomic E-state index is 0.177. The Morgan fingerprint density at radius 3 is 2.95 bits per heavy atom. The molecule has 0 aliphatic heterocycles. The van der Waals surface area contributed by atoms with Gasteiger partial charge in [-0.1, -0.05) is 23.2 Å². The normalized spacial score (nSPS) is 20.4. The summed E-state index contributed by atoms with van der Waals surface area (Å²) in [5, 5.41) is 13.4. The molecular weight excluding hydrogens is 299 g/mol. The van der Waals surface area contributed by atoms with Crippen LogP contribution in [0.15, 0.2) is 18.3 Å². The van der Waals surface area contributed by atoms with Crippen LogP contribution in [0.4, 0.5) is 5.82 Å². The van der Waals surface area contributed by atoms with Gasteiger partial charge in [0.1, 0.15) is 16.1 Å². The number of carbonyl (C=O) groups excluding carboxylic acids is 1. The first kappa shape index (κ1) is 13.1. The van der Waals surface area contributed by atoms with Crippen molar-refractivity contribution >= 4 is 45.7 Å². The molecule has 100 valence electrons. The molecule has 20 heavy (non-hydrogen) atoms. The summed E-state index contributed by atoms with van der Waals surface area (Å²) in [4.78, 5) is 19.9. The fraction of sp³-hybridized carbons (Fsp3) is 0.231. The lowest BCUT2D eigenvalue weighted by molar-refractivity contribution is -0.117. The molecule has 2 aromatic heterocycles. The summed E-state index contributed by atoms with van der Waals surface area (Å²) in [6.45, 7) is 0. The van der Waals surface area contributed by atoms with Gasteiger partial charge in [-0.25, -0.2) is 9.97 Å². The highest BCUT2D eigenvalue weighted by Gasteiger charge is 2.43. The number of aromatic nitrogens is 2. The predicted octanol–water partition coefficient (Wildman–Crippen LogP) is 3.03. The van der Waals surface area contributed by atoms with Crippen LogP contribution in [0.1, 0.15) is 6.42 Å². The van der Waals surface area contributed by atoms with E-state index in [2.05, 4.69) is 21.4 Å². The molecule has 2 heterocycles. The molecule has 2 atom stereocenters. The number of amides is 1. The van der Waals surface area contributed by atoms with E-state index in [1.807, 2.05) is 0 Å². The lowest BCUT2D eigenvalue weighted by Crippen LogP contribution is -2.15. The first-order chi connectivity index (χ1) is 9.58. The largest absolute Gasteiger partial charge is 0.310 e. The summed E-state index contributed by atoms with van der Waals surface area (Å²) < 4.78 is 0. The standard InChI is InChI=1S/C13H8Cl2N4O/c14-10-2-6-3-11(17-5-9(6)12(15)18-10)19-13(20)8-1-7(8)4-16/h2-3,5,7-8H,1H2,(H,17,19,20)/t7-,8+/m1/s1. The minimum atomic E-state index is -0.234. The number of rotatable bonds is 2. The average molecular weight is 307 g/mol. The molecule has 1 saturated carbocycles. The first-order valence-corrected chi connectivity index (χ1v) is 6.66. The Bertz CT molecular complexity index is 756. The summed E-state index contributed by atoms with van der Waals surface area (Å²) >= 11 is 11.8. The summed E-state index contributed by atoms with van der Waals surface area (Å²) in [6, 6.07) is 5.40. The fourth-order valence-electron chi connectivity index (χ4n) is 1.99. The van der Waals surface area contributed by atoms with E-state index < -0.39 is 0 Å². The van der Waals surface area contributed by atoms with Crippen molar-refractivity contribution in [2.75, 3.05) is 5.32 Å². The number of hydrogen-bond donors (Lipinski definition) is 1. The monoisotopic (exact) mass is 306 g/mol. The summed E-state index contributed by atoms with van der Waals surface area (Å²) in [5.41, 5.74) is 0. The molecule has 1 aliphatic rings. The molecule has 3 rings (SSSR count). The van der Waals surface area contributed by atoms with E-state index in [0.717, 1.165) is 5.39 Å². The molecule has 0 bridgehead atoms. The summed E-state index contributed by atoms with van der Waals surface area (Å²) in [5.74, 6) is -0.190. The number of anilines is 1. The number of hydrogen-bond acceptors (Lipinski definition) is 4. The first-order valence-electron chi connectivity index (χ1n) is 5.91. The van der Waals surface area contributed by atoms with Crippen LogP contribution >= 0.6 is 23.2 Å². The van der Waals surface area contributed by atoms with E-state index in [-0.39, 0.29) is 28.0 Å². The zero-order valence-electron chi connectivity index (χ0n) is 10.1. The van der Waals surface area contributed by atoms with Crippen LogP contribution in [0.3, 0.4) is 0 Å².